The third-order valence-electron chi connectivity index (χ3n) is 4.32. The number of carboxylic acids is 1. The van der Waals surface area contributed by atoms with Crippen molar-refractivity contribution in [2.75, 3.05) is 32.7 Å². The summed E-state index contributed by atoms with van der Waals surface area (Å²) in [6.07, 6.45) is 5.49. The van der Waals surface area contributed by atoms with Crippen molar-refractivity contribution in [1.82, 2.24) is 10.2 Å². The zero-order chi connectivity index (χ0) is 12.1. The van der Waals surface area contributed by atoms with Crippen LogP contribution in [0, 0.1) is 11.8 Å². The number of nitrogens with one attached hydrogen (secondary N) is 1. The summed E-state index contributed by atoms with van der Waals surface area (Å²) in [7, 11) is 0. The lowest BCUT2D eigenvalue weighted by Crippen LogP contribution is -2.40. The van der Waals surface area contributed by atoms with Gasteiger partial charge in [-0.15, -0.1) is 0 Å². The van der Waals surface area contributed by atoms with Gasteiger partial charge in [-0.1, -0.05) is 0 Å². The number of carbonyl (C=O) groups is 1. The van der Waals surface area contributed by atoms with E-state index in [0.717, 1.165) is 31.5 Å². The Kier molecular flexibility index (Phi) is 4.80. The van der Waals surface area contributed by atoms with Gasteiger partial charge in [-0.3, -0.25) is 4.79 Å². The molecule has 2 fully saturated rings. The molecule has 0 aromatic heterocycles. The van der Waals surface area contributed by atoms with E-state index >= 15 is 0 Å². The Hall–Kier alpha value is -0.610. The van der Waals surface area contributed by atoms with Gasteiger partial charge in [0.2, 0.25) is 0 Å². The molecule has 17 heavy (non-hydrogen) atoms. The highest BCUT2D eigenvalue weighted by atomic mass is 16.4. The van der Waals surface area contributed by atoms with Crippen molar-refractivity contribution in [3.05, 3.63) is 0 Å². The summed E-state index contributed by atoms with van der Waals surface area (Å²) in [5.41, 5.74) is 0. The van der Waals surface area contributed by atoms with E-state index in [1.807, 2.05) is 0 Å². The van der Waals surface area contributed by atoms with Gasteiger partial charge in [0.05, 0.1) is 6.42 Å². The van der Waals surface area contributed by atoms with Gasteiger partial charge in [0.25, 0.3) is 0 Å². The zero-order valence-corrected chi connectivity index (χ0v) is 10.5. The Morgan fingerprint density at radius 3 is 2.29 bits per heavy atom. The van der Waals surface area contributed by atoms with Crippen molar-refractivity contribution < 1.29 is 9.90 Å². The van der Waals surface area contributed by atoms with E-state index in [0.29, 0.717) is 0 Å². The van der Waals surface area contributed by atoms with Crippen LogP contribution in [0.1, 0.15) is 32.1 Å². The molecular weight excluding hydrogens is 216 g/mol. The largest absolute Gasteiger partial charge is 0.481 e. The minimum Gasteiger partial charge on any atom is -0.481 e. The van der Waals surface area contributed by atoms with Crippen LogP contribution in [-0.2, 0) is 4.79 Å². The van der Waals surface area contributed by atoms with Gasteiger partial charge in [0.15, 0.2) is 0 Å². The van der Waals surface area contributed by atoms with Crippen molar-refractivity contribution in [1.29, 1.82) is 0 Å². The van der Waals surface area contributed by atoms with Crippen molar-refractivity contribution >= 4 is 5.97 Å². The minimum atomic E-state index is -0.675. The van der Waals surface area contributed by atoms with Crippen molar-refractivity contribution in [3.8, 4) is 0 Å². The quantitative estimate of drug-likeness (QED) is 0.774. The summed E-state index contributed by atoms with van der Waals surface area (Å²) in [6, 6.07) is 0. The van der Waals surface area contributed by atoms with Crippen LogP contribution in [0.4, 0.5) is 0 Å². The maximum atomic E-state index is 10.5. The SMILES string of the molecule is O=C(O)CCN1CCC(C2CCNCC2)CC1. The average Bonchev–Trinajstić information content (AvgIpc) is 2.38. The Bertz CT molecular complexity index is 244. The van der Waals surface area contributed by atoms with Crippen LogP contribution in [0.2, 0.25) is 0 Å². The van der Waals surface area contributed by atoms with Gasteiger partial charge in [0, 0.05) is 6.54 Å². The maximum Gasteiger partial charge on any atom is 0.304 e. The summed E-state index contributed by atoms with van der Waals surface area (Å²) >= 11 is 0. The Labute approximate surface area is 103 Å². The number of nitrogens with zero attached hydrogens (tertiary/aromatic N) is 1. The second-order valence-electron chi connectivity index (χ2n) is 5.41. The normalized spacial score (nSPS) is 24.9. The Morgan fingerprint density at radius 1 is 1.12 bits per heavy atom. The monoisotopic (exact) mass is 240 g/mol. The van der Waals surface area contributed by atoms with E-state index in [-0.39, 0.29) is 6.42 Å². The molecule has 4 nitrogen and oxygen atoms in total. The predicted molar refractivity (Wildman–Crippen MR) is 67.0 cm³/mol. The molecule has 0 radical (unpaired) electrons. The summed E-state index contributed by atoms with van der Waals surface area (Å²) in [6.45, 7) is 5.30. The first-order valence-electron chi connectivity index (χ1n) is 6.90. The van der Waals surface area contributed by atoms with Crippen LogP contribution in [0.5, 0.6) is 0 Å². The van der Waals surface area contributed by atoms with Crippen LogP contribution in [0.15, 0.2) is 0 Å². The molecule has 98 valence electrons. The topological polar surface area (TPSA) is 52.6 Å². The first kappa shape index (κ1) is 12.8. The molecule has 2 saturated heterocycles. The Morgan fingerprint density at radius 2 is 1.71 bits per heavy atom. The number of carboxylic acid groups (broad SMARTS) is 1. The number of piperidine rings is 2. The fourth-order valence-electron chi connectivity index (χ4n) is 3.22. The van der Waals surface area contributed by atoms with Crippen LogP contribution in [0.3, 0.4) is 0 Å². The molecule has 4 heteroatoms. The molecule has 0 aliphatic carbocycles. The number of aliphatic carboxylic acids is 1. The van der Waals surface area contributed by atoms with Crippen molar-refractivity contribution in [2.24, 2.45) is 11.8 Å². The van der Waals surface area contributed by atoms with E-state index in [9.17, 15) is 4.79 Å². The molecule has 0 aromatic rings. The third-order valence-corrected chi connectivity index (χ3v) is 4.32. The molecule has 2 N–H and O–H groups in total. The van der Waals surface area contributed by atoms with Crippen LogP contribution >= 0.6 is 0 Å². The average molecular weight is 240 g/mol. The standard InChI is InChI=1S/C13H24N2O2/c16-13(17)5-10-15-8-3-12(4-9-15)11-1-6-14-7-2-11/h11-12,14H,1-10H2,(H,16,17). The second kappa shape index (κ2) is 6.36. The highest BCUT2D eigenvalue weighted by molar-refractivity contribution is 5.66. The summed E-state index contributed by atoms with van der Waals surface area (Å²) in [5.74, 6) is 1.13. The second-order valence-corrected chi connectivity index (χ2v) is 5.41. The molecule has 2 aliphatic heterocycles. The lowest BCUT2D eigenvalue weighted by atomic mass is 9.79. The molecule has 0 amide bonds. The molecule has 0 saturated carbocycles. The summed E-state index contributed by atoms with van der Waals surface area (Å²) < 4.78 is 0. The number of hydrogen-bond donors (Lipinski definition) is 2. The molecule has 2 heterocycles. The number of hydrogen-bond acceptors (Lipinski definition) is 3. The van der Waals surface area contributed by atoms with Gasteiger partial charge in [-0.05, 0) is 63.7 Å². The molecular formula is C13H24N2O2. The fourth-order valence-corrected chi connectivity index (χ4v) is 3.22. The third kappa shape index (κ3) is 3.96. The van der Waals surface area contributed by atoms with Crippen LogP contribution < -0.4 is 5.32 Å². The number of likely N-dealkylation sites (tertiary alicyclic amines) is 1. The first-order valence-corrected chi connectivity index (χ1v) is 6.90. The van der Waals surface area contributed by atoms with Gasteiger partial charge in [0.1, 0.15) is 0 Å². The smallest absolute Gasteiger partial charge is 0.304 e. The first-order chi connectivity index (χ1) is 8.25. The van der Waals surface area contributed by atoms with Crippen LogP contribution in [0.25, 0.3) is 0 Å². The fraction of sp³-hybridized carbons (Fsp3) is 0.923. The summed E-state index contributed by atoms with van der Waals surface area (Å²) in [4.78, 5) is 12.8. The predicted octanol–water partition coefficient (Wildman–Crippen LogP) is 1.17. The van der Waals surface area contributed by atoms with E-state index in [1.165, 1.54) is 38.8 Å². The van der Waals surface area contributed by atoms with E-state index in [1.54, 1.807) is 0 Å². The van der Waals surface area contributed by atoms with E-state index < -0.39 is 5.97 Å². The zero-order valence-electron chi connectivity index (χ0n) is 10.5. The summed E-state index contributed by atoms with van der Waals surface area (Å²) in [5, 5.41) is 12.1. The number of rotatable bonds is 4. The van der Waals surface area contributed by atoms with Crippen molar-refractivity contribution in [3.63, 3.8) is 0 Å². The molecule has 0 unspecified atom stereocenters. The maximum absolute atomic E-state index is 10.5. The van der Waals surface area contributed by atoms with E-state index in [4.69, 9.17) is 5.11 Å². The molecule has 0 spiro atoms. The van der Waals surface area contributed by atoms with Crippen LogP contribution in [-0.4, -0.2) is 48.7 Å². The van der Waals surface area contributed by atoms with Gasteiger partial charge >= 0.3 is 5.97 Å². The van der Waals surface area contributed by atoms with E-state index in [2.05, 4.69) is 10.2 Å². The Balaban J connectivity index is 1.68. The van der Waals surface area contributed by atoms with Crippen molar-refractivity contribution in [2.45, 2.75) is 32.1 Å². The molecule has 2 rings (SSSR count). The minimum absolute atomic E-state index is 0.290. The molecule has 0 bridgehead atoms. The van der Waals surface area contributed by atoms with Gasteiger partial charge < -0.3 is 15.3 Å². The highest BCUT2D eigenvalue weighted by Crippen LogP contribution is 2.30. The van der Waals surface area contributed by atoms with Gasteiger partial charge in [-0.2, -0.15) is 0 Å². The lowest BCUT2D eigenvalue weighted by Gasteiger charge is -2.37. The molecule has 0 aromatic carbocycles. The molecule has 0 atom stereocenters. The molecule has 2 aliphatic rings. The lowest BCUT2D eigenvalue weighted by molar-refractivity contribution is -0.137. The highest BCUT2D eigenvalue weighted by Gasteiger charge is 2.27. The van der Waals surface area contributed by atoms with Gasteiger partial charge in [-0.25, -0.2) is 0 Å².